The lowest BCUT2D eigenvalue weighted by Crippen LogP contribution is -2.36. The highest BCUT2D eigenvalue weighted by molar-refractivity contribution is 7.22. The molecule has 0 spiro atoms. The topological polar surface area (TPSA) is 45.7 Å². The van der Waals surface area contributed by atoms with E-state index in [9.17, 15) is 18.0 Å². The Labute approximate surface area is 164 Å². The Hall–Kier alpha value is -2.65. The number of halogens is 3. The summed E-state index contributed by atoms with van der Waals surface area (Å²) >= 11 is 1.15. The number of fused-ring (bicyclic) bond motifs is 1. The van der Waals surface area contributed by atoms with Gasteiger partial charge in [0, 0.05) is 24.7 Å². The van der Waals surface area contributed by atoms with Crippen molar-refractivity contribution in [2.24, 2.45) is 0 Å². The monoisotopic (exact) mass is 409 g/mol. The Kier molecular flexibility index (Phi) is 5.85. The summed E-state index contributed by atoms with van der Waals surface area (Å²) in [5, 5.41) is 0.426. The van der Waals surface area contributed by atoms with Crippen molar-refractivity contribution >= 4 is 32.6 Å². The van der Waals surface area contributed by atoms with E-state index in [1.54, 1.807) is 29.2 Å². The van der Waals surface area contributed by atoms with Crippen LogP contribution in [0.1, 0.15) is 10.4 Å². The quantitative estimate of drug-likeness (QED) is 0.605. The maximum atomic E-state index is 13.0. The molecule has 0 aliphatic heterocycles. The van der Waals surface area contributed by atoms with E-state index in [1.165, 1.54) is 18.2 Å². The Morgan fingerprint density at radius 3 is 2.46 bits per heavy atom. The van der Waals surface area contributed by atoms with Gasteiger partial charge >= 0.3 is 6.36 Å². The number of rotatable bonds is 6. The molecular weight excluding hydrogens is 391 g/mol. The zero-order chi connectivity index (χ0) is 20.3. The highest BCUT2D eigenvalue weighted by Gasteiger charge is 2.31. The molecule has 1 heterocycles. The number of hydrogen-bond donors (Lipinski definition) is 0. The van der Waals surface area contributed by atoms with Crippen LogP contribution in [0.2, 0.25) is 0 Å². The molecule has 0 saturated carbocycles. The van der Waals surface area contributed by atoms with Gasteiger partial charge < -0.3 is 9.64 Å². The van der Waals surface area contributed by atoms with Crippen molar-refractivity contribution < 1.29 is 22.7 Å². The lowest BCUT2D eigenvalue weighted by molar-refractivity contribution is -0.274. The Bertz CT molecular complexity index is 958. The van der Waals surface area contributed by atoms with Crippen LogP contribution >= 0.6 is 11.3 Å². The summed E-state index contributed by atoms with van der Waals surface area (Å²) in [7, 11) is 3.79. The molecule has 148 valence electrons. The second-order valence-corrected chi connectivity index (χ2v) is 7.31. The van der Waals surface area contributed by atoms with Gasteiger partial charge in [-0.2, -0.15) is 0 Å². The third-order valence-corrected chi connectivity index (χ3v) is 4.89. The first-order valence-electron chi connectivity index (χ1n) is 8.41. The summed E-state index contributed by atoms with van der Waals surface area (Å²) in [4.78, 5) is 20.9. The smallest absolute Gasteiger partial charge is 0.406 e. The fraction of sp³-hybridized carbons (Fsp3) is 0.263. The van der Waals surface area contributed by atoms with Gasteiger partial charge in [0.2, 0.25) is 0 Å². The Balaban J connectivity index is 1.94. The van der Waals surface area contributed by atoms with E-state index in [0.29, 0.717) is 34.0 Å². The van der Waals surface area contributed by atoms with Gasteiger partial charge in [-0.3, -0.25) is 9.69 Å². The van der Waals surface area contributed by atoms with Crippen LogP contribution in [0.25, 0.3) is 10.2 Å². The SMILES string of the molecule is CN(C)CCN(C(=O)c1ccccc1)c1nc2ccc(OC(F)(F)F)cc2s1. The van der Waals surface area contributed by atoms with E-state index in [4.69, 9.17) is 0 Å². The number of anilines is 1. The molecule has 0 saturated heterocycles. The van der Waals surface area contributed by atoms with Gasteiger partial charge in [-0.1, -0.05) is 29.5 Å². The van der Waals surface area contributed by atoms with Gasteiger partial charge in [-0.05, 0) is 38.4 Å². The second-order valence-electron chi connectivity index (χ2n) is 6.30. The molecule has 0 N–H and O–H groups in total. The minimum absolute atomic E-state index is 0.215. The number of ether oxygens (including phenoxy) is 1. The van der Waals surface area contributed by atoms with Gasteiger partial charge in [-0.15, -0.1) is 13.2 Å². The number of alkyl halides is 3. The number of carbonyl (C=O) groups is 1. The normalized spacial score (nSPS) is 11.8. The first-order chi connectivity index (χ1) is 13.2. The van der Waals surface area contributed by atoms with Crippen molar-refractivity contribution in [3.63, 3.8) is 0 Å². The number of benzene rings is 2. The van der Waals surface area contributed by atoms with Crippen molar-refractivity contribution in [1.82, 2.24) is 9.88 Å². The van der Waals surface area contributed by atoms with Gasteiger partial charge in [0.05, 0.1) is 10.2 Å². The van der Waals surface area contributed by atoms with E-state index in [0.717, 1.165) is 11.3 Å². The lowest BCUT2D eigenvalue weighted by Gasteiger charge is -2.22. The molecule has 0 atom stereocenters. The van der Waals surface area contributed by atoms with Crippen LogP contribution in [0.15, 0.2) is 48.5 Å². The van der Waals surface area contributed by atoms with Crippen molar-refractivity contribution in [2.75, 3.05) is 32.1 Å². The van der Waals surface area contributed by atoms with Gasteiger partial charge in [0.15, 0.2) is 5.13 Å². The van der Waals surface area contributed by atoms with E-state index in [1.807, 2.05) is 25.1 Å². The molecule has 9 heteroatoms. The summed E-state index contributed by atoms with van der Waals surface area (Å²) in [5.74, 6) is -0.530. The Morgan fingerprint density at radius 1 is 1.11 bits per heavy atom. The summed E-state index contributed by atoms with van der Waals surface area (Å²) in [6.45, 7) is 1.00. The predicted octanol–water partition coefficient (Wildman–Crippen LogP) is 4.40. The third kappa shape index (κ3) is 4.99. The highest BCUT2D eigenvalue weighted by Crippen LogP contribution is 2.33. The number of hydrogen-bond acceptors (Lipinski definition) is 5. The van der Waals surface area contributed by atoms with Gasteiger partial charge in [0.25, 0.3) is 5.91 Å². The van der Waals surface area contributed by atoms with Gasteiger partial charge in [0.1, 0.15) is 5.75 Å². The molecule has 1 aromatic heterocycles. The van der Waals surface area contributed by atoms with Crippen LogP contribution in [-0.2, 0) is 0 Å². The van der Waals surface area contributed by atoms with Crippen LogP contribution in [0.3, 0.4) is 0 Å². The summed E-state index contributed by atoms with van der Waals surface area (Å²) < 4.78 is 41.8. The van der Waals surface area contributed by atoms with E-state index in [-0.39, 0.29) is 11.7 Å². The first kappa shape index (κ1) is 20.1. The van der Waals surface area contributed by atoms with Crippen molar-refractivity contribution in [1.29, 1.82) is 0 Å². The van der Waals surface area contributed by atoms with Crippen molar-refractivity contribution in [3.8, 4) is 5.75 Å². The largest absolute Gasteiger partial charge is 0.573 e. The average molecular weight is 409 g/mol. The minimum atomic E-state index is -4.76. The van der Waals surface area contributed by atoms with Crippen molar-refractivity contribution in [3.05, 3.63) is 54.1 Å². The molecule has 0 fully saturated rings. The number of amides is 1. The maximum absolute atomic E-state index is 13.0. The standard InChI is InChI=1S/C19H18F3N3O2S/c1-24(2)10-11-25(17(26)13-6-4-3-5-7-13)18-23-15-9-8-14(12-16(15)28-18)27-19(20,21)22/h3-9,12H,10-11H2,1-2H3. The molecule has 0 radical (unpaired) electrons. The van der Waals surface area contributed by atoms with Crippen LogP contribution in [0.4, 0.5) is 18.3 Å². The van der Waals surface area contributed by atoms with Crippen LogP contribution < -0.4 is 9.64 Å². The molecule has 1 amide bonds. The van der Waals surface area contributed by atoms with Crippen LogP contribution in [-0.4, -0.2) is 49.3 Å². The predicted molar refractivity (Wildman–Crippen MR) is 103 cm³/mol. The first-order valence-corrected chi connectivity index (χ1v) is 9.22. The summed E-state index contributed by atoms with van der Waals surface area (Å²) in [6.07, 6.45) is -4.76. The molecule has 0 bridgehead atoms. The molecule has 2 aromatic carbocycles. The van der Waals surface area contributed by atoms with Gasteiger partial charge in [-0.25, -0.2) is 4.98 Å². The maximum Gasteiger partial charge on any atom is 0.573 e. The molecule has 0 aliphatic carbocycles. The number of carbonyl (C=O) groups excluding carboxylic acids is 1. The second kappa shape index (κ2) is 8.15. The molecule has 0 aliphatic rings. The van der Waals surface area contributed by atoms with Crippen molar-refractivity contribution in [2.45, 2.75) is 6.36 Å². The number of likely N-dealkylation sites (N-methyl/N-ethyl adjacent to an activating group) is 1. The molecule has 28 heavy (non-hydrogen) atoms. The van der Waals surface area contributed by atoms with Crippen LogP contribution in [0.5, 0.6) is 5.75 Å². The summed E-state index contributed by atoms with van der Waals surface area (Å²) in [6, 6.07) is 12.7. The molecule has 3 rings (SSSR count). The van der Waals surface area contributed by atoms with E-state index in [2.05, 4.69) is 9.72 Å². The fourth-order valence-corrected chi connectivity index (χ4v) is 3.54. The zero-order valence-corrected chi connectivity index (χ0v) is 16.0. The summed E-state index contributed by atoms with van der Waals surface area (Å²) in [5.41, 5.74) is 1.02. The molecule has 0 unspecified atom stereocenters. The highest BCUT2D eigenvalue weighted by atomic mass is 32.1. The zero-order valence-electron chi connectivity index (χ0n) is 15.2. The van der Waals surface area contributed by atoms with E-state index < -0.39 is 6.36 Å². The number of nitrogens with zero attached hydrogens (tertiary/aromatic N) is 3. The average Bonchev–Trinajstić information content (AvgIpc) is 3.03. The molecule has 3 aromatic rings. The minimum Gasteiger partial charge on any atom is -0.406 e. The number of aromatic nitrogens is 1. The number of thiazole rings is 1. The molecule has 5 nitrogen and oxygen atoms in total. The fourth-order valence-electron chi connectivity index (χ4n) is 2.53. The Morgan fingerprint density at radius 2 is 1.82 bits per heavy atom. The third-order valence-electron chi connectivity index (χ3n) is 3.85. The van der Waals surface area contributed by atoms with Crippen LogP contribution in [0, 0.1) is 0 Å². The molecular formula is C19H18F3N3O2S. The van der Waals surface area contributed by atoms with E-state index >= 15 is 0 Å². The lowest BCUT2D eigenvalue weighted by atomic mass is 10.2.